The average molecular weight is 284 g/mol. The minimum absolute atomic E-state index is 0.250. The maximum absolute atomic E-state index is 13.2. The largest absolute Gasteiger partial charge is 0.345 e. The van der Waals surface area contributed by atoms with Crippen molar-refractivity contribution in [3.63, 3.8) is 0 Å². The number of fused-ring (bicyclic) bond motifs is 1. The molecule has 0 aliphatic rings. The number of aromatic nitrogens is 3. The maximum atomic E-state index is 13.2. The first-order valence-electron chi connectivity index (χ1n) is 6.48. The van der Waals surface area contributed by atoms with Gasteiger partial charge in [-0.05, 0) is 42.8 Å². The molecule has 1 amide bonds. The highest BCUT2D eigenvalue weighted by molar-refractivity contribution is 5.94. The van der Waals surface area contributed by atoms with E-state index in [1.807, 2.05) is 24.4 Å². The number of halogens is 1. The van der Waals surface area contributed by atoms with Crippen molar-refractivity contribution in [1.29, 1.82) is 0 Å². The zero-order valence-corrected chi connectivity index (χ0v) is 11.4. The van der Waals surface area contributed by atoms with Crippen molar-refractivity contribution in [2.75, 3.05) is 0 Å². The van der Waals surface area contributed by atoms with E-state index in [9.17, 15) is 9.18 Å². The SMILES string of the molecule is Cc1cc(C(=O)NCc2nnc3ccccn23)ccc1F. The predicted octanol–water partition coefficient (Wildman–Crippen LogP) is 2.11. The van der Waals surface area contributed by atoms with Crippen LogP contribution in [0.1, 0.15) is 21.7 Å². The second-order valence-corrected chi connectivity index (χ2v) is 4.69. The van der Waals surface area contributed by atoms with Crippen LogP contribution in [0.25, 0.3) is 5.65 Å². The lowest BCUT2D eigenvalue weighted by Crippen LogP contribution is -2.24. The van der Waals surface area contributed by atoms with Gasteiger partial charge in [-0.1, -0.05) is 6.07 Å². The van der Waals surface area contributed by atoms with Gasteiger partial charge in [0.1, 0.15) is 5.82 Å². The molecular weight excluding hydrogens is 271 g/mol. The quantitative estimate of drug-likeness (QED) is 0.801. The summed E-state index contributed by atoms with van der Waals surface area (Å²) in [4.78, 5) is 12.0. The van der Waals surface area contributed by atoms with Crippen molar-refractivity contribution in [3.05, 3.63) is 65.4 Å². The first kappa shape index (κ1) is 13.2. The molecule has 0 fully saturated rings. The van der Waals surface area contributed by atoms with Crippen LogP contribution in [0.15, 0.2) is 42.6 Å². The van der Waals surface area contributed by atoms with Gasteiger partial charge >= 0.3 is 0 Å². The minimum atomic E-state index is -0.324. The number of carbonyl (C=O) groups is 1. The van der Waals surface area contributed by atoms with Crippen LogP contribution in [0.5, 0.6) is 0 Å². The van der Waals surface area contributed by atoms with Crippen LogP contribution in [-0.4, -0.2) is 20.5 Å². The molecule has 106 valence electrons. The van der Waals surface area contributed by atoms with Gasteiger partial charge in [0.05, 0.1) is 6.54 Å². The van der Waals surface area contributed by atoms with E-state index < -0.39 is 0 Å². The van der Waals surface area contributed by atoms with E-state index in [1.165, 1.54) is 18.2 Å². The van der Waals surface area contributed by atoms with Gasteiger partial charge in [-0.3, -0.25) is 9.20 Å². The monoisotopic (exact) mass is 284 g/mol. The summed E-state index contributed by atoms with van der Waals surface area (Å²) in [6.07, 6.45) is 1.83. The third-order valence-corrected chi connectivity index (χ3v) is 3.21. The number of pyridine rings is 1. The van der Waals surface area contributed by atoms with Crippen LogP contribution in [0.2, 0.25) is 0 Å². The first-order chi connectivity index (χ1) is 10.1. The number of carbonyl (C=O) groups excluding carboxylic acids is 1. The summed E-state index contributed by atoms with van der Waals surface area (Å²) in [7, 11) is 0. The van der Waals surface area contributed by atoms with Gasteiger partial charge < -0.3 is 5.32 Å². The standard InChI is InChI=1S/C15H13FN4O/c1-10-8-11(5-6-12(10)16)15(21)17-9-14-19-18-13-4-2-3-7-20(13)14/h2-8H,9H2,1H3,(H,17,21). The van der Waals surface area contributed by atoms with E-state index in [4.69, 9.17) is 0 Å². The fourth-order valence-corrected chi connectivity index (χ4v) is 2.06. The van der Waals surface area contributed by atoms with Crippen LogP contribution in [0, 0.1) is 12.7 Å². The number of rotatable bonds is 3. The highest BCUT2D eigenvalue weighted by atomic mass is 19.1. The van der Waals surface area contributed by atoms with Crippen LogP contribution in [0.3, 0.4) is 0 Å². The Morgan fingerprint density at radius 1 is 1.29 bits per heavy atom. The van der Waals surface area contributed by atoms with Crippen molar-refractivity contribution in [3.8, 4) is 0 Å². The highest BCUT2D eigenvalue weighted by Gasteiger charge is 2.10. The second kappa shape index (κ2) is 5.32. The molecule has 0 spiro atoms. The summed E-state index contributed by atoms with van der Waals surface area (Å²) in [6, 6.07) is 9.84. The molecule has 0 unspecified atom stereocenters. The summed E-state index contributed by atoms with van der Waals surface area (Å²) >= 11 is 0. The molecule has 1 aromatic carbocycles. The van der Waals surface area contributed by atoms with Gasteiger partial charge in [-0.15, -0.1) is 10.2 Å². The van der Waals surface area contributed by atoms with E-state index in [1.54, 1.807) is 11.3 Å². The van der Waals surface area contributed by atoms with Crippen molar-refractivity contribution in [1.82, 2.24) is 19.9 Å². The summed E-state index contributed by atoms with van der Waals surface area (Å²) in [5, 5.41) is 10.8. The lowest BCUT2D eigenvalue weighted by molar-refractivity contribution is 0.0949. The molecule has 0 saturated heterocycles. The highest BCUT2D eigenvalue weighted by Crippen LogP contribution is 2.09. The number of nitrogens with zero attached hydrogens (tertiary/aromatic N) is 3. The zero-order chi connectivity index (χ0) is 14.8. The number of hydrogen-bond donors (Lipinski definition) is 1. The minimum Gasteiger partial charge on any atom is -0.345 e. The number of benzene rings is 1. The molecule has 2 aromatic heterocycles. The van der Waals surface area contributed by atoms with Gasteiger partial charge in [-0.2, -0.15) is 0 Å². The Labute approximate surface area is 120 Å². The molecule has 6 heteroatoms. The molecule has 0 aliphatic carbocycles. The number of aryl methyl sites for hydroxylation is 1. The average Bonchev–Trinajstić information content (AvgIpc) is 2.91. The number of hydrogen-bond acceptors (Lipinski definition) is 3. The van der Waals surface area contributed by atoms with Gasteiger partial charge in [0.2, 0.25) is 0 Å². The van der Waals surface area contributed by atoms with Crippen molar-refractivity contribution >= 4 is 11.6 Å². The van der Waals surface area contributed by atoms with Gasteiger partial charge in [0.15, 0.2) is 11.5 Å². The fraction of sp³-hybridized carbons (Fsp3) is 0.133. The van der Waals surface area contributed by atoms with Crippen LogP contribution >= 0.6 is 0 Å². The Hall–Kier alpha value is -2.76. The Morgan fingerprint density at radius 2 is 2.14 bits per heavy atom. The summed E-state index contributed by atoms with van der Waals surface area (Å²) in [5.74, 6) is 0.0403. The van der Waals surface area contributed by atoms with Crippen molar-refractivity contribution in [2.45, 2.75) is 13.5 Å². The van der Waals surface area contributed by atoms with E-state index in [0.717, 1.165) is 5.65 Å². The van der Waals surface area contributed by atoms with E-state index in [2.05, 4.69) is 15.5 Å². The topological polar surface area (TPSA) is 59.3 Å². The molecule has 21 heavy (non-hydrogen) atoms. The molecular formula is C15H13FN4O. The second-order valence-electron chi connectivity index (χ2n) is 4.69. The Bertz CT molecular complexity index is 812. The molecule has 3 aromatic rings. The first-order valence-corrected chi connectivity index (χ1v) is 6.48. The van der Waals surface area contributed by atoms with Gasteiger partial charge in [0, 0.05) is 11.8 Å². The van der Waals surface area contributed by atoms with E-state index in [0.29, 0.717) is 17.0 Å². The van der Waals surface area contributed by atoms with E-state index in [-0.39, 0.29) is 18.3 Å². The molecule has 3 rings (SSSR count). The lowest BCUT2D eigenvalue weighted by Gasteiger charge is -2.05. The summed E-state index contributed by atoms with van der Waals surface area (Å²) in [5.41, 5.74) is 1.58. The van der Waals surface area contributed by atoms with Crippen LogP contribution in [0.4, 0.5) is 4.39 Å². The molecule has 0 radical (unpaired) electrons. The van der Waals surface area contributed by atoms with Crippen LogP contribution in [-0.2, 0) is 6.54 Å². The third-order valence-electron chi connectivity index (χ3n) is 3.21. The summed E-state index contributed by atoms with van der Waals surface area (Å²) in [6.45, 7) is 1.87. The van der Waals surface area contributed by atoms with Crippen molar-refractivity contribution < 1.29 is 9.18 Å². The van der Waals surface area contributed by atoms with Gasteiger partial charge in [0.25, 0.3) is 5.91 Å². The molecule has 2 heterocycles. The van der Waals surface area contributed by atoms with Gasteiger partial charge in [-0.25, -0.2) is 4.39 Å². The predicted molar refractivity (Wildman–Crippen MR) is 75.3 cm³/mol. The molecule has 0 bridgehead atoms. The molecule has 0 saturated carbocycles. The summed E-state index contributed by atoms with van der Waals surface area (Å²) < 4.78 is 15.0. The lowest BCUT2D eigenvalue weighted by atomic mass is 10.1. The Balaban J connectivity index is 1.75. The Morgan fingerprint density at radius 3 is 2.95 bits per heavy atom. The molecule has 0 aliphatic heterocycles. The Kier molecular flexibility index (Phi) is 3.35. The normalized spacial score (nSPS) is 10.8. The van der Waals surface area contributed by atoms with Crippen molar-refractivity contribution in [2.24, 2.45) is 0 Å². The zero-order valence-electron chi connectivity index (χ0n) is 11.4. The third kappa shape index (κ3) is 2.60. The molecule has 0 atom stereocenters. The maximum Gasteiger partial charge on any atom is 0.251 e. The number of nitrogens with one attached hydrogen (secondary N) is 1. The fourth-order valence-electron chi connectivity index (χ4n) is 2.06. The smallest absolute Gasteiger partial charge is 0.251 e. The van der Waals surface area contributed by atoms with E-state index >= 15 is 0 Å². The molecule has 1 N–H and O–H groups in total. The van der Waals surface area contributed by atoms with Crippen LogP contribution < -0.4 is 5.32 Å². The molecule has 5 nitrogen and oxygen atoms in total. The number of amides is 1.